The Labute approximate surface area is 444 Å². The van der Waals surface area contributed by atoms with Crippen molar-refractivity contribution in [2.45, 2.75) is 153 Å². The number of hydrogen-bond acceptors (Lipinski definition) is 15. The number of nitrogens with zero attached hydrogens (tertiary/aromatic N) is 9. The van der Waals surface area contributed by atoms with Crippen molar-refractivity contribution in [3.8, 4) is 33.8 Å². The van der Waals surface area contributed by atoms with Gasteiger partial charge in [-0.05, 0) is 164 Å². The minimum absolute atomic E-state index is 0.0522. The second kappa shape index (κ2) is 21.1. The van der Waals surface area contributed by atoms with Crippen molar-refractivity contribution in [3.05, 3.63) is 121 Å². The molecule has 21 heteroatoms. The number of amides is 3. The molecule has 21 nitrogen and oxygen atoms in total. The van der Waals surface area contributed by atoms with E-state index in [1.807, 2.05) is 57.2 Å². The highest BCUT2D eigenvalue weighted by Gasteiger charge is 2.56. The molecule has 0 spiro atoms. The zero-order valence-electron chi connectivity index (χ0n) is 43.7. The molecule has 6 heterocycles. The summed E-state index contributed by atoms with van der Waals surface area (Å²) in [5.74, 6) is 1.70. The van der Waals surface area contributed by atoms with Gasteiger partial charge in [-0.3, -0.25) is 28.8 Å². The standard InChI is InChI=1S/C56H65N15O6/c1-55(2,3)64-46-16-12-37(29-60-46)53-42(38-20-41(21-38)63-49(73)31-69-51(75)17-13-43(66-69)35-10-14-45(58-27-35)61-39-6-4-7-39)23-52(76)70(68-53)30-48(72)57-19-18-34-22-44(67-71(54(34)77)32-50(74)62-40-8-5-9-40)36-11-15-47(59-28-36)65-56-24-33(25-56)26-56/h10-17,22-23,27-29,33,38-41H,4-9,18-21,24-26,30-32H2,1-3H3,(H,57,72)(H,58,61)(H,59,65)(H,60,64)(H,62,74)(H,63,73). The fraction of sp³-hybridized carbons (Fsp3) is 0.464. The van der Waals surface area contributed by atoms with Crippen molar-refractivity contribution in [2.24, 2.45) is 5.92 Å². The number of aromatic nitrogens is 9. The highest BCUT2D eigenvalue weighted by Crippen LogP contribution is 2.58. The van der Waals surface area contributed by atoms with Gasteiger partial charge in [-0.2, -0.15) is 15.3 Å². The summed E-state index contributed by atoms with van der Waals surface area (Å²) in [7, 11) is 0. The summed E-state index contributed by atoms with van der Waals surface area (Å²) in [6.07, 6.45) is 16.0. The van der Waals surface area contributed by atoms with Gasteiger partial charge in [0.15, 0.2) is 0 Å². The maximum atomic E-state index is 13.8. The van der Waals surface area contributed by atoms with Crippen LogP contribution in [-0.4, -0.2) is 97.8 Å². The van der Waals surface area contributed by atoms with E-state index in [-0.39, 0.29) is 66.9 Å². The van der Waals surface area contributed by atoms with Crippen molar-refractivity contribution in [3.63, 3.8) is 0 Å². The van der Waals surface area contributed by atoms with E-state index in [0.717, 1.165) is 83.8 Å². The second-order valence-corrected chi connectivity index (χ2v) is 22.7. The molecular weight excluding hydrogens is 979 g/mol. The van der Waals surface area contributed by atoms with Crippen LogP contribution in [0.15, 0.2) is 93.6 Å². The van der Waals surface area contributed by atoms with Crippen molar-refractivity contribution >= 4 is 35.2 Å². The molecule has 6 aliphatic carbocycles. The number of rotatable bonds is 20. The number of carbonyl (C=O) groups excluding carboxylic acids is 3. The molecule has 6 saturated carbocycles. The van der Waals surface area contributed by atoms with Crippen LogP contribution in [-0.2, 0) is 40.4 Å². The Morgan fingerprint density at radius 3 is 1.84 bits per heavy atom. The fourth-order valence-corrected chi connectivity index (χ4v) is 10.7. The molecule has 6 aromatic heterocycles. The lowest BCUT2D eigenvalue weighted by molar-refractivity contribution is -0.124. The lowest BCUT2D eigenvalue weighted by Gasteiger charge is -2.62. The summed E-state index contributed by atoms with van der Waals surface area (Å²) in [5.41, 5.74) is 3.05. The van der Waals surface area contributed by atoms with Crippen LogP contribution in [0.3, 0.4) is 0 Å². The Hall–Kier alpha value is -8.10. The van der Waals surface area contributed by atoms with Gasteiger partial charge < -0.3 is 31.9 Å². The molecule has 3 amide bonds. The van der Waals surface area contributed by atoms with E-state index in [2.05, 4.69) is 57.1 Å². The highest BCUT2D eigenvalue weighted by atomic mass is 16.2. The Morgan fingerprint density at radius 2 is 1.22 bits per heavy atom. The molecule has 6 aliphatic rings. The predicted octanol–water partition coefficient (Wildman–Crippen LogP) is 4.77. The lowest BCUT2D eigenvalue weighted by Crippen LogP contribution is -2.63. The molecule has 0 aliphatic heterocycles. The van der Waals surface area contributed by atoms with E-state index in [1.54, 1.807) is 30.7 Å². The summed E-state index contributed by atoms with van der Waals surface area (Å²) in [5, 5.41) is 33.0. The largest absolute Gasteiger partial charge is 0.367 e. The van der Waals surface area contributed by atoms with Gasteiger partial charge in [0, 0.05) is 88.7 Å². The van der Waals surface area contributed by atoms with Gasteiger partial charge in [-0.25, -0.2) is 29.0 Å². The van der Waals surface area contributed by atoms with Crippen molar-refractivity contribution < 1.29 is 14.4 Å². The summed E-state index contributed by atoms with van der Waals surface area (Å²) in [4.78, 5) is 94.3. The Bertz CT molecular complexity index is 3360. The summed E-state index contributed by atoms with van der Waals surface area (Å²) < 4.78 is 3.43. The van der Waals surface area contributed by atoms with Gasteiger partial charge in [0.2, 0.25) is 17.7 Å². The first-order valence-corrected chi connectivity index (χ1v) is 26.9. The van der Waals surface area contributed by atoms with Crippen molar-refractivity contribution in [1.82, 2.24) is 60.2 Å². The van der Waals surface area contributed by atoms with Crippen LogP contribution in [0.2, 0.25) is 0 Å². The van der Waals surface area contributed by atoms with Crippen LogP contribution in [0.4, 0.5) is 17.5 Å². The lowest BCUT2D eigenvalue weighted by atomic mass is 9.50. The van der Waals surface area contributed by atoms with Gasteiger partial charge in [0.05, 0.1) is 17.1 Å². The number of hydrogen-bond donors (Lipinski definition) is 6. The first kappa shape index (κ1) is 51.0. The van der Waals surface area contributed by atoms with Crippen LogP contribution in [0, 0.1) is 5.92 Å². The third-order valence-corrected chi connectivity index (χ3v) is 15.5. The predicted molar refractivity (Wildman–Crippen MR) is 290 cm³/mol. The van der Waals surface area contributed by atoms with Crippen molar-refractivity contribution in [2.75, 3.05) is 22.5 Å². The second-order valence-electron chi connectivity index (χ2n) is 22.7. The number of carbonyl (C=O) groups is 3. The third kappa shape index (κ3) is 11.8. The Balaban J connectivity index is 0.753. The van der Waals surface area contributed by atoms with E-state index < -0.39 is 29.1 Å². The van der Waals surface area contributed by atoms with Crippen LogP contribution in [0.1, 0.15) is 108 Å². The molecule has 12 rings (SSSR count). The van der Waals surface area contributed by atoms with E-state index in [4.69, 9.17) is 5.10 Å². The van der Waals surface area contributed by atoms with Crippen molar-refractivity contribution in [1.29, 1.82) is 0 Å². The molecule has 6 aromatic rings. The average molecular weight is 1040 g/mol. The summed E-state index contributed by atoms with van der Waals surface area (Å²) in [6, 6.07) is 17.7. The SMILES string of the molecule is CC(C)(C)Nc1ccc(-c2nn(CC(=O)NCCc3cc(-c4ccc(NC56CC(C5)C6)nc4)nn(CC(=O)NC4CCC4)c3=O)c(=O)cc2C2CC(NC(=O)Cn3nc(-c4ccc(NC5CCC5)nc4)ccc3=O)C2)cn1. The van der Waals surface area contributed by atoms with Crippen LogP contribution >= 0.6 is 0 Å². The first-order chi connectivity index (χ1) is 37.1. The quantitative estimate of drug-likeness (QED) is 0.0602. The van der Waals surface area contributed by atoms with E-state index >= 15 is 0 Å². The third-order valence-electron chi connectivity index (χ3n) is 15.5. The first-order valence-electron chi connectivity index (χ1n) is 26.9. The molecule has 2 bridgehead atoms. The summed E-state index contributed by atoms with van der Waals surface area (Å²) in [6.45, 7) is 5.21. The monoisotopic (exact) mass is 1040 g/mol. The van der Waals surface area contributed by atoms with Crippen LogP contribution in [0.25, 0.3) is 33.8 Å². The van der Waals surface area contributed by atoms with E-state index in [9.17, 15) is 28.8 Å². The topological polar surface area (TPSA) is 267 Å². The maximum Gasteiger partial charge on any atom is 0.270 e. The normalized spacial score (nSPS) is 20.5. The molecule has 0 atom stereocenters. The van der Waals surface area contributed by atoms with Gasteiger partial charge >= 0.3 is 0 Å². The number of nitrogens with one attached hydrogen (secondary N) is 6. The van der Waals surface area contributed by atoms with E-state index in [1.165, 1.54) is 23.2 Å². The fourth-order valence-electron chi connectivity index (χ4n) is 10.7. The highest BCUT2D eigenvalue weighted by molar-refractivity contribution is 5.77. The zero-order valence-corrected chi connectivity index (χ0v) is 43.7. The summed E-state index contributed by atoms with van der Waals surface area (Å²) >= 11 is 0. The van der Waals surface area contributed by atoms with Crippen LogP contribution in [0.5, 0.6) is 0 Å². The molecule has 6 N–H and O–H groups in total. The zero-order chi connectivity index (χ0) is 53.4. The minimum Gasteiger partial charge on any atom is -0.367 e. The Kier molecular flexibility index (Phi) is 14.0. The van der Waals surface area contributed by atoms with Gasteiger partial charge in [0.1, 0.15) is 37.1 Å². The van der Waals surface area contributed by atoms with E-state index in [0.29, 0.717) is 64.0 Å². The number of pyridine rings is 3. The molecule has 0 radical (unpaired) electrons. The minimum atomic E-state index is -0.497. The van der Waals surface area contributed by atoms with Gasteiger partial charge in [-0.1, -0.05) is 0 Å². The Morgan fingerprint density at radius 1 is 0.623 bits per heavy atom. The smallest absolute Gasteiger partial charge is 0.270 e. The number of anilines is 3. The molecule has 0 saturated heterocycles. The average Bonchev–Trinajstić information content (AvgIpc) is 3.34. The van der Waals surface area contributed by atoms with Gasteiger partial charge in [0.25, 0.3) is 16.7 Å². The van der Waals surface area contributed by atoms with Gasteiger partial charge in [-0.15, -0.1) is 0 Å². The maximum absolute atomic E-state index is 13.8. The molecule has 400 valence electrons. The molecular formula is C56H65N15O6. The molecule has 0 aromatic carbocycles. The molecule has 6 fully saturated rings. The molecule has 0 unspecified atom stereocenters. The van der Waals surface area contributed by atoms with Crippen LogP contribution < -0.4 is 48.6 Å². The molecule has 77 heavy (non-hydrogen) atoms.